The number of nitrogens with one attached hydrogen (secondary N) is 1. The lowest BCUT2D eigenvalue weighted by atomic mass is 10.1. The van der Waals surface area contributed by atoms with E-state index in [1.54, 1.807) is 0 Å². The van der Waals surface area contributed by atoms with Gasteiger partial charge in [0.1, 0.15) is 0 Å². The van der Waals surface area contributed by atoms with Crippen LogP contribution in [0.3, 0.4) is 0 Å². The van der Waals surface area contributed by atoms with E-state index in [-0.39, 0.29) is 6.54 Å². The van der Waals surface area contributed by atoms with E-state index in [0.29, 0.717) is 19.0 Å². The molecule has 2 aromatic rings. The molecule has 0 unspecified atom stereocenters. The zero-order chi connectivity index (χ0) is 18.2. The number of hydrogen-bond acceptors (Lipinski definition) is 7. The molecule has 0 radical (unpaired) electrons. The standard InChI is InChI=1S/C16H21N5O4/c1-11-4-6-13(7-5-11)15-18-20-21(19-15)10-14(22)25-12(2)16(23)17-8-9-24-3/h4-7,12H,8-10H2,1-3H3,(H,17,23)/t12-/m0/s1. The lowest BCUT2D eigenvalue weighted by Crippen LogP contribution is -2.38. The smallest absolute Gasteiger partial charge is 0.330 e. The lowest BCUT2D eigenvalue weighted by molar-refractivity contribution is -0.155. The van der Waals surface area contributed by atoms with Crippen molar-refractivity contribution in [1.82, 2.24) is 25.5 Å². The van der Waals surface area contributed by atoms with Gasteiger partial charge in [-0.2, -0.15) is 4.80 Å². The van der Waals surface area contributed by atoms with E-state index in [4.69, 9.17) is 9.47 Å². The van der Waals surface area contributed by atoms with Crippen molar-refractivity contribution >= 4 is 11.9 Å². The highest BCUT2D eigenvalue weighted by atomic mass is 16.5. The summed E-state index contributed by atoms with van der Waals surface area (Å²) >= 11 is 0. The Kier molecular flexibility index (Phi) is 6.58. The van der Waals surface area contributed by atoms with Gasteiger partial charge in [-0.05, 0) is 19.1 Å². The Morgan fingerprint density at radius 3 is 2.68 bits per heavy atom. The maximum atomic E-state index is 11.9. The molecule has 25 heavy (non-hydrogen) atoms. The van der Waals surface area contributed by atoms with Crippen molar-refractivity contribution in [2.45, 2.75) is 26.5 Å². The number of ether oxygens (including phenoxy) is 2. The van der Waals surface area contributed by atoms with Crippen LogP contribution < -0.4 is 5.32 Å². The van der Waals surface area contributed by atoms with Gasteiger partial charge in [-0.1, -0.05) is 29.8 Å². The van der Waals surface area contributed by atoms with Crippen LogP contribution in [0.5, 0.6) is 0 Å². The van der Waals surface area contributed by atoms with Crippen molar-refractivity contribution in [3.05, 3.63) is 29.8 Å². The fraction of sp³-hybridized carbons (Fsp3) is 0.438. The van der Waals surface area contributed by atoms with E-state index >= 15 is 0 Å². The molecule has 9 nitrogen and oxygen atoms in total. The predicted octanol–water partition coefficient (Wildman–Crippen LogP) is 0.343. The Morgan fingerprint density at radius 1 is 1.28 bits per heavy atom. The normalized spacial score (nSPS) is 11.8. The van der Waals surface area contributed by atoms with E-state index in [2.05, 4.69) is 20.7 Å². The van der Waals surface area contributed by atoms with Gasteiger partial charge in [0.15, 0.2) is 12.6 Å². The summed E-state index contributed by atoms with van der Waals surface area (Å²) in [4.78, 5) is 24.8. The van der Waals surface area contributed by atoms with E-state index < -0.39 is 18.0 Å². The van der Waals surface area contributed by atoms with Crippen LogP contribution in [-0.4, -0.2) is 58.4 Å². The Balaban J connectivity index is 1.86. The molecule has 1 heterocycles. The minimum Gasteiger partial charge on any atom is -0.451 e. The number of aryl methyl sites for hydroxylation is 1. The third-order valence-electron chi connectivity index (χ3n) is 3.32. The summed E-state index contributed by atoms with van der Waals surface area (Å²) in [6, 6.07) is 7.63. The Labute approximate surface area is 145 Å². The third-order valence-corrected chi connectivity index (χ3v) is 3.32. The molecule has 1 amide bonds. The number of esters is 1. The van der Waals surface area contributed by atoms with Crippen LogP contribution in [0.2, 0.25) is 0 Å². The van der Waals surface area contributed by atoms with Gasteiger partial charge in [0.25, 0.3) is 5.91 Å². The van der Waals surface area contributed by atoms with E-state index in [1.165, 1.54) is 14.0 Å². The van der Waals surface area contributed by atoms with E-state index in [0.717, 1.165) is 15.9 Å². The number of nitrogens with zero attached hydrogens (tertiary/aromatic N) is 4. The molecule has 0 saturated carbocycles. The van der Waals surface area contributed by atoms with Crippen LogP contribution in [0.25, 0.3) is 11.4 Å². The average Bonchev–Trinajstić information content (AvgIpc) is 3.03. The molecule has 1 aromatic carbocycles. The first-order valence-electron chi connectivity index (χ1n) is 7.80. The van der Waals surface area contributed by atoms with Crippen LogP contribution in [0.15, 0.2) is 24.3 Å². The second kappa shape index (κ2) is 8.88. The molecule has 0 fully saturated rings. The van der Waals surface area contributed by atoms with Gasteiger partial charge in [0.05, 0.1) is 6.61 Å². The maximum Gasteiger partial charge on any atom is 0.330 e. The zero-order valence-electron chi connectivity index (χ0n) is 14.4. The average molecular weight is 347 g/mol. The number of methoxy groups -OCH3 is 1. The minimum atomic E-state index is -0.913. The molecular weight excluding hydrogens is 326 g/mol. The first-order chi connectivity index (χ1) is 12.0. The van der Waals surface area contributed by atoms with Crippen LogP contribution in [-0.2, 0) is 25.6 Å². The summed E-state index contributed by atoms with van der Waals surface area (Å²) < 4.78 is 9.89. The fourth-order valence-corrected chi connectivity index (χ4v) is 1.95. The van der Waals surface area contributed by atoms with Gasteiger partial charge in [-0.3, -0.25) is 4.79 Å². The Bertz CT molecular complexity index is 714. The van der Waals surface area contributed by atoms with Crippen molar-refractivity contribution in [2.24, 2.45) is 0 Å². The summed E-state index contributed by atoms with van der Waals surface area (Å²) in [6.07, 6.45) is -0.913. The lowest BCUT2D eigenvalue weighted by Gasteiger charge is -2.12. The largest absolute Gasteiger partial charge is 0.451 e. The summed E-state index contributed by atoms with van der Waals surface area (Å²) in [5, 5.41) is 14.5. The first kappa shape index (κ1) is 18.5. The van der Waals surface area contributed by atoms with Crippen molar-refractivity contribution in [3.63, 3.8) is 0 Å². The molecule has 0 spiro atoms. The number of amides is 1. The topological polar surface area (TPSA) is 108 Å². The monoisotopic (exact) mass is 347 g/mol. The van der Waals surface area contributed by atoms with Crippen molar-refractivity contribution in [1.29, 1.82) is 0 Å². The molecule has 134 valence electrons. The maximum absolute atomic E-state index is 11.9. The van der Waals surface area contributed by atoms with Gasteiger partial charge >= 0.3 is 5.97 Å². The minimum absolute atomic E-state index is 0.228. The summed E-state index contributed by atoms with van der Waals surface area (Å²) in [5.74, 6) is -0.599. The van der Waals surface area contributed by atoms with Gasteiger partial charge in [0.2, 0.25) is 5.82 Å². The van der Waals surface area contributed by atoms with Crippen LogP contribution in [0.1, 0.15) is 12.5 Å². The molecule has 0 aliphatic carbocycles. The summed E-state index contributed by atoms with van der Waals surface area (Å²) in [5.41, 5.74) is 1.92. The second-order valence-corrected chi connectivity index (χ2v) is 5.43. The van der Waals surface area contributed by atoms with Crippen molar-refractivity contribution in [2.75, 3.05) is 20.3 Å². The first-order valence-corrected chi connectivity index (χ1v) is 7.80. The molecule has 1 N–H and O–H groups in total. The number of aromatic nitrogens is 4. The number of tetrazole rings is 1. The molecule has 0 aliphatic rings. The van der Waals surface area contributed by atoms with Gasteiger partial charge < -0.3 is 14.8 Å². The molecule has 1 aromatic heterocycles. The summed E-state index contributed by atoms with van der Waals surface area (Å²) in [7, 11) is 1.53. The number of carbonyl (C=O) groups excluding carboxylic acids is 2. The molecule has 2 rings (SSSR count). The zero-order valence-corrected chi connectivity index (χ0v) is 14.4. The molecule has 0 aliphatic heterocycles. The number of carbonyl (C=O) groups is 2. The van der Waals surface area contributed by atoms with Crippen LogP contribution >= 0.6 is 0 Å². The fourth-order valence-electron chi connectivity index (χ4n) is 1.95. The van der Waals surface area contributed by atoms with Crippen LogP contribution in [0, 0.1) is 6.92 Å². The summed E-state index contributed by atoms with van der Waals surface area (Å²) in [6.45, 7) is 3.98. The molecule has 9 heteroatoms. The molecular formula is C16H21N5O4. The van der Waals surface area contributed by atoms with Crippen LogP contribution in [0.4, 0.5) is 0 Å². The number of rotatable bonds is 8. The predicted molar refractivity (Wildman–Crippen MR) is 88.4 cm³/mol. The van der Waals surface area contributed by atoms with Gasteiger partial charge in [-0.15, -0.1) is 10.2 Å². The Hall–Kier alpha value is -2.81. The highest BCUT2D eigenvalue weighted by Crippen LogP contribution is 2.13. The molecule has 0 bridgehead atoms. The highest BCUT2D eigenvalue weighted by molar-refractivity contribution is 5.83. The quantitative estimate of drug-likeness (QED) is 0.542. The van der Waals surface area contributed by atoms with Gasteiger partial charge in [-0.25, -0.2) is 4.79 Å². The number of hydrogen-bond donors (Lipinski definition) is 1. The second-order valence-electron chi connectivity index (χ2n) is 5.43. The highest BCUT2D eigenvalue weighted by Gasteiger charge is 2.18. The SMILES string of the molecule is COCCNC(=O)[C@H](C)OC(=O)Cn1nnc(-c2ccc(C)cc2)n1. The third kappa shape index (κ3) is 5.64. The van der Waals surface area contributed by atoms with E-state index in [1.807, 2.05) is 31.2 Å². The Morgan fingerprint density at radius 2 is 2.00 bits per heavy atom. The van der Waals surface area contributed by atoms with Gasteiger partial charge in [0, 0.05) is 19.2 Å². The number of benzene rings is 1. The van der Waals surface area contributed by atoms with Crippen molar-refractivity contribution in [3.8, 4) is 11.4 Å². The molecule has 1 atom stereocenters. The van der Waals surface area contributed by atoms with Crippen molar-refractivity contribution < 1.29 is 19.1 Å². The molecule has 0 saturated heterocycles. The van der Waals surface area contributed by atoms with E-state index in [9.17, 15) is 9.59 Å².